The number of anilines is 1. The van der Waals surface area contributed by atoms with Crippen LogP contribution in [0.5, 0.6) is 5.75 Å². The zero-order chi connectivity index (χ0) is 18.5. The molecule has 27 heavy (non-hydrogen) atoms. The summed E-state index contributed by atoms with van der Waals surface area (Å²) >= 11 is 0. The molecule has 2 atom stereocenters. The van der Waals surface area contributed by atoms with Gasteiger partial charge in [0.05, 0.1) is 24.6 Å². The quantitative estimate of drug-likeness (QED) is 0.762. The predicted octanol–water partition coefficient (Wildman–Crippen LogP) is 3.99. The predicted molar refractivity (Wildman–Crippen MR) is 103 cm³/mol. The molecule has 136 valence electrons. The molecule has 4 nitrogen and oxygen atoms in total. The molecule has 2 aliphatic carbocycles. The number of amides is 2. The molecule has 0 N–H and O–H groups in total. The van der Waals surface area contributed by atoms with Crippen LogP contribution in [0.2, 0.25) is 0 Å². The number of hydrogen-bond donors (Lipinski definition) is 0. The van der Waals surface area contributed by atoms with Crippen LogP contribution in [0.25, 0.3) is 5.57 Å². The molecular weight excluding hydrogens is 338 g/mol. The van der Waals surface area contributed by atoms with E-state index in [-0.39, 0.29) is 23.7 Å². The van der Waals surface area contributed by atoms with Gasteiger partial charge in [0, 0.05) is 0 Å². The maximum atomic E-state index is 13.3. The zero-order valence-electron chi connectivity index (χ0n) is 15.3. The Kier molecular flexibility index (Phi) is 3.67. The second-order valence-corrected chi connectivity index (χ2v) is 7.50. The fourth-order valence-corrected chi connectivity index (χ4v) is 4.97. The number of imide groups is 1. The van der Waals surface area contributed by atoms with Gasteiger partial charge in [0.2, 0.25) is 11.8 Å². The van der Waals surface area contributed by atoms with Gasteiger partial charge in [-0.05, 0) is 66.6 Å². The lowest BCUT2D eigenvalue weighted by atomic mass is 9.69. The second-order valence-electron chi connectivity index (χ2n) is 7.50. The van der Waals surface area contributed by atoms with E-state index in [0.717, 1.165) is 31.4 Å². The van der Waals surface area contributed by atoms with Crippen LogP contribution in [0, 0.1) is 11.8 Å². The minimum Gasteiger partial charge on any atom is -0.497 e. The Balaban J connectivity index is 1.57. The monoisotopic (exact) mass is 359 g/mol. The van der Waals surface area contributed by atoms with Gasteiger partial charge in [0.15, 0.2) is 0 Å². The first-order valence-electron chi connectivity index (χ1n) is 9.51. The smallest absolute Gasteiger partial charge is 0.241 e. The average Bonchev–Trinajstić information content (AvgIpc) is 2.98. The van der Waals surface area contributed by atoms with Gasteiger partial charge in [-0.2, -0.15) is 0 Å². The molecule has 1 aliphatic heterocycles. The Hall–Kier alpha value is -2.88. The maximum absolute atomic E-state index is 13.3. The number of carbonyl (C=O) groups is 2. The molecule has 5 rings (SSSR count). The Labute approximate surface area is 158 Å². The Morgan fingerprint density at radius 3 is 2.56 bits per heavy atom. The van der Waals surface area contributed by atoms with Crippen LogP contribution in [-0.4, -0.2) is 18.9 Å². The number of methoxy groups -OCH3 is 1. The molecule has 1 heterocycles. The number of benzene rings is 2. The van der Waals surface area contributed by atoms with Crippen molar-refractivity contribution in [2.75, 3.05) is 12.0 Å². The summed E-state index contributed by atoms with van der Waals surface area (Å²) in [5.41, 5.74) is 5.65. The van der Waals surface area contributed by atoms with Crippen LogP contribution >= 0.6 is 0 Å². The maximum Gasteiger partial charge on any atom is 0.241 e. The highest BCUT2D eigenvalue weighted by atomic mass is 16.5. The van der Waals surface area contributed by atoms with Gasteiger partial charge in [-0.15, -0.1) is 0 Å². The minimum absolute atomic E-state index is 0.0386. The van der Waals surface area contributed by atoms with Crippen LogP contribution in [-0.2, 0) is 16.0 Å². The number of ether oxygens (including phenoxy) is 1. The molecule has 0 bridgehead atoms. The number of nitrogens with zero attached hydrogens (tertiary/aromatic N) is 1. The van der Waals surface area contributed by atoms with E-state index in [1.54, 1.807) is 7.11 Å². The Morgan fingerprint density at radius 1 is 0.963 bits per heavy atom. The van der Waals surface area contributed by atoms with Crippen LogP contribution in [0.3, 0.4) is 0 Å². The molecule has 0 aromatic heterocycles. The Bertz CT molecular complexity index is 976. The van der Waals surface area contributed by atoms with E-state index in [1.165, 1.54) is 27.2 Å². The van der Waals surface area contributed by atoms with E-state index in [1.807, 2.05) is 36.4 Å². The van der Waals surface area contributed by atoms with Gasteiger partial charge in [0.25, 0.3) is 0 Å². The van der Waals surface area contributed by atoms with Gasteiger partial charge in [-0.25, -0.2) is 4.90 Å². The van der Waals surface area contributed by atoms with Crippen molar-refractivity contribution in [1.29, 1.82) is 0 Å². The van der Waals surface area contributed by atoms with Crippen LogP contribution < -0.4 is 9.64 Å². The SMILES string of the molecule is COc1ccc2c(c1)CCC1=C2CC[C@@H]2C(=O)N(c3ccccc3)C(=O)[C@H]12. The molecule has 3 aliphatic rings. The average molecular weight is 359 g/mol. The van der Waals surface area contributed by atoms with Crippen molar-refractivity contribution < 1.29 is 14.3 Å². The third-order valence-corrected chi connectivity index (χ3v) is 6.21. The lowest BCUT2D eigenvalue weighted by Crippen LogP contribution is -2.31. The summed E-state index contributed by atoms with van der Waals surface area (Å²) in [5, 5.41) is 0. The van der Waals surface area contributed by atoms with Gasteiger partial charge in [0.1, 0.15) is 5.75 Å². The van der Waals surface area contributed by atoms with Gasteiger partial charge >= 0.3 is 0 Å². The van der Waals surface area contributed by atoms with Crippen molar-refractivity contribution in [3.63, 3.8) is 0 Å². The number of carbonyl (C=O) groups excluding carboxylic acids is 2. The number of allylic oxidation sites excluding steroid dienone is 1. The topological polar surface area (TPSA) is 46.6 Å². The molecule has 2 aromatic rings. The van der Waals surface area contributed by atoms with Crippen molar-refractivity contribution in [2.45, 2.75) is 25.7 Å². The number of fused-ring (bicyclic) bond motifs is 4. The van der Waals surface area contributed by atoms with Gasteiger partial charge in [-0.3, -0.25) is 9.59 Å². The van der Waals surface area contributed by atoms with Crippen LogP contribution in [0.15, 0.2) is 54.1 Å². The summed E-state index contributed by atoms with van der Waals surface area (Å²) in [6, 6.07) is 15.5. The van der Waals surface area contributed by atoms with E-state index in [9.17, 15) is 9.59 Å². The highest BCUT2D eigenvalue weighted by molar-refractivity contribution is 6.23. The summed E-state index contributed by atoms with van der Waals surface area (Å²) in [5.74, 6) is 0.269. The Morgan fingerprint density at radius 2 is 1.78 bits per heavy atom. The molecule has 2 amide bonds. The second kappa shape index (κ2) is 6.08. The van der Waals surface area contributed by atoms with Crippen LogP contribution in [0.1, 0.15) is 30.4 Å². The fraction of sp³-hybridized carbons (Fsp3) is 0.304. The highest BCUT2D eigenvalue weighted by Crippen LogP contribution is 2.49. The van der Waals surface area contributed by atoms with Gasteiger partial charge in [-0.1, -0.05) is 29.8 Å². The van der Waals surface area contributed by atoms with E-state index in [4.69, 9.17) is 4.74 Å². The molecule has 1 saturated heterocycles. The highest BCUT2D eigenvalue weighted by Gasteiger charge is 2.52. The summed E-state index contributed by atoms with van der Waals surface area (Å²) in [6.07, 6.45) is 3.33. The number of rotatable bonds is 2. The molecule has 1 fully saturated rings. The summed E-state index contributed by atoms with van der Waals surface area (Å²) in [4.78, 5) is 27.7. The molecule has 0 radical (unpaired) electrons. The largest absolute Gasteiger partial charge is 0.497 e. The lowest BCUT2D eigenvalue weighted by Gasteiger charge is -2.32. The van der Waals surface area contributed by atoms with Crippen molar-refractivity contribution in [2.24, 2.45) is 11.8 Å². The number of hydrogen-bond acceptors (Lipinski definition) is 3. The molecular formula is C23H21NO3. The summed E-state index contributed by atoms with van der Waals surface area (Å²) < 4.78 is 5.36. The number of aryl methyl sites for hydroxylation is 1. The first-order chi connectivity index (χ1) is 13.2. The van der Waals surface area contributed by atoms with E-state index in [0.29, 0.717) is 5.69 Å². The summed E-state index contributed by atoms with van der Waals surface area (Å²) in [6.45, 7) is 0. The fourth-order valence-electron chi connectivity index (χ4n) is 4.97. The third kappa shape index (κ3) is 2.36. The lowest BCUT2D eigenvalue weighted by molar-refractivity contribution is -0.122. The van der Waals surface area contributed by atoms with Crippen molar-refractivity contribution in [1.82, 2.24) is 0 Å². The van der Waals surface area contributed by atoms with Crippen molar-refractivity contribution in [3.8, 4) is 5.75 Å². The molecule has 4 heteroatoms. The van der Waals surface area contributed by atoms with Crippen LogP contribution in [0.4, 0.5) is 5.69 Å². The molecule has 0 spiro atoms. The first kappa shape index (κ1) is 16.3. The zero-order valence-corrected chi connectivity index (χ0v) is 15.3. The third-order valence-electron chi connectivity index (χ3n) is 6.21. The normalized spacial score (nSPS) is 23.8. The van der Waals surface area contributed by atoms with Gasteiger partial charge < -0.3 is 4.74 Å². The van der Waals surface area contributed by atoms with E-state index < -0.39 is 0 Å². The molecule has 2 aromatic carbocycles. The van der Waals surface area contributed by atoms with E-state index in [2.05, 4.69) is 12.1 Å². The molecule has 0 saturated carbocycles. The van der Waals surface area contributed by atoms with Crippen molar-refractivity contribution in [3.05, 3.63) is 65.2 Å². The van der Waals surface area contributed by atoms with Crippen molar-refractivity contribution >= 4 is 23.1 Å². The summed E-state index contributed by atoms with van der Waals surface area (Å²) in [7, 11) is 1.68. The standard InChI is InChI=1S/C23H21NO3/c1-27-16-8-10-17-14(13-16)7-9-19-18(17)11-12-20-21(19)23(26)24(22(20)25)15-5-3-2-4-6-15/h2-6,8,10,13,20-21H,7,9,11-12H2,1H3/t20-,21+/m0/s1. The number of para-hydroxylation sites is 1. The molecule has 0 unspecified atom stereocenters. The van der Waals surface area contributed by atoms with E-state index >= 15 is 0 Å². The first-order valence-corrected chi connectivity index (χ1v) is 9.51. The minimum atomic E-state index is -0.295.